The lowest BCUT2D eigenvalue weighted by Gasteiger charge is -2.21. The molecular formula is C16H26N6OS. The molecule has 7 nitrogen and oxygen atoms in total. The van der Waals surface area contributed by atoms with Crippen LogP contribution in [0.3, 0.4) is 0 Å². The number of unbranched alkanes of at least 4 members (excludes halogenated alkanes) is 1. The van der Waals surface area contributed by atoms with Gasteiger partial charge in [0, 0.05) is 19.6 Å². The van der Waals surface area contributed by atoms with Crippen molar-refractivity contribution in [3.8, 4) is 0 Å². The van der Waals surface area contributed by atoms with Gasteiger partial charge in [0.1, 0.15) is 18.3 Å². The summed E-state index contributed by atoms with van der Waals surface area (Å²) >= 11 is 1.58. The fourth-order valence-electron chi connectivity index (χ4n) is 2.20. The van der Waals surface area contributed by atoms with Crippen molar-refractivity contribution in [2.24, 2.45) is 4.99 Å². The molecule has 3 N–H and O–H groups in total. The van der Waals surface area contributed by atoms with E-state index in [-0.39, 0.29) is 0 Å². The highest BCUT2D eigenvalue weighted by atomic mass is 32.1. The number of rotatable bonds is 9. The Morgan fingerprint density at radius 2 is 2.12 bits per heavy atom. The van der Waals surface area contributed by atoms with E-state index in [1.54, 1.807) is 30.9 Å². The first-order valence-corrected chi connectivity index (χ1v) is 9.16. The molecule has 0 saturated heterocycles. The van der Waals surface area contributed by atoms with E-state index in [0.29, 0.717) is 6.54 Å². The monoisotopic (exact) mass is 350 g/mol. The van der Waals surface area contributed by atoms with Gasteiger partial charge in [-0.25, -0.2) is 4.99 Å². The number of thiophene rings is 1. The summed E-state index contributed by atoms with van der Waals surface area (Å²) in [7, 11) is 0. The first-order chi connectivity index (χ1) is 11.6. The number of aliphatic hydroxyl groups is 1. The summed E-state index contributed by atoms with van der Waals surface area (Å²) < 4.78 is 1.97. The molecule has 0 aromatic carbocycles. The lowest BCUT2D eigenvalue weighted by atomic mass is 10.00. The van der Waals surface area contributed by atoms with Gasteiger partial charge in [0.05, 0.1) is 6.54 Å². The molecule has 2 aromatic heterocycles. The molecule has 0 aliphatic rings. The van der Waals surface area contributed by atoms with Gasteiger partial charge in [0.15, 0.2) is 5.96 Å². The standard InChI is InChI=1S/C16H26N6OS/c1-3-17-15(18-7-4-5-8-22-12-20-21-13-22)19-11-16(2,23)14-6-9-24-10-14/h6,9-10,12-13,23H,3-5,7-8,11H2,1-2H3,(H2,17,18,19). The van der Waals surface area contributed by atoms with E-state index in [1.807, 2.05) is 28.3 Å². The Kier molecular flexibility index (Phi) is 7.20. The molecule has 2 heterocycles. The SMILES string of the molecule is CCNC(=NCC(C)(O)c1ccsc1)NCCCCn1cnnc1. The molecule has 2 aromatic rings. The Balaban J connectivity index is 1.75. The number of guanidine groups is 1. The van der Waals surface area contributed by atoms with Crippen molar-refractivity contribution in [2.75, 3.05) is 19.6 Å². The highest BCUT2D eigenvalue weighted by Gasteiger charge is 2.23. The van der Waals surface area contributed by atoms with Crippen LogP contribution < -0.4 is 10.6 Å². The van der Waals surface area contributed by atoms with E-state index in [9.17, 15) is 5.11 Å². The van der Waals surface area contributed by atoms with Crippen molar-refractivity contribution in [2.45, 2.75) is 38.8 Å². The smallest absolute Gasteiger partial charge is 0.191 e. The zero-order chi connectivity index (χ0) is 17.3. The third-order valence-electron chi connectivity index (χ3n) is 3.63. The number of aromatic nitrogens is 3. The molecular weight excluding hydrogens is 324 g/mol. The molecule has 0 spiro atoms. The van der Waals surface area contributed by atoms with Gasteiger partial charge in [0.25, 0.3) is 0 Å². The van der Waals surface area contributed by atoms with Crippen LogP contribution in [-0.2, 0) is 12.1 Å². The van der Waals surface area contributed by atoms with Gasteiger partial charge in [-0.3, -0.25) is 0 Å². The van der Waals surface area contributed by atoms with Gasteiger partial charge in [-0.05, 0) is 49.1 Å². The van der Waals surface area contributed by atoms with Crippen LogP contribution in [0.2, 0.25) is 0 Å². The topological polar surface area (TPSA) is 87.4 Å². The molecule has 0 bridgehead atoms. The molecule has 0 saturated carbocycles. The van der Waals surface area contributed by atoms with Gasteiger partial charge in [0.2, 0.25) is 0 Å². The Morgan fingerprint density at radius 3 is 2.79 bits per heavy atom. The zero-order valence-corrected chi connectivity index (χ0v) is 15.1. The molecule has 0 aliphatic carbocycles. The lowest BCUT2D eigenvalue weighted by molar-refractivity contribution is 0.0677. The molecule has 2 rings (SSSR count). The van der Waals surface area contributed by atoms with Gasteiger partial charge < -0.3 is 20.3 Å². The average molecular weight is 350 g/mol. The van der Waals surface area contributed by atoms with E-state index in [1.165, 1.54) is 0 Å². The predicted molar refractivity (Wildman–Crippen MR) is 97.1 cm³/mol. The Hall–Kier alpha value is -1.93. The summed E-state index contributed by atoms with van der Waals surface area (Å²) in [4.78, 5) is 4.51. The minimum Gasteiger partial charge on any atom is -0.383 e. The van der Waals surface area contributed by atoms with Crippen molar-refractivity contribution in [1.82, 2.24) is 25.4 Å². The van der Waals surface area contributed by atoms with Gasteiger partial charge in [-0.15, -0.1) is 10.2 Å². The zero-order valence-electron chi connectivity index (χ0n) is 14.3. The van der Waals surface area contributed by atoms with E-state index in [2.05, 4.69) is 25.8 Å². The number of aliphatic imine (C=N–C) groups is 1. The molecule has 0 aliphatic heterocycles. The second kappa shape index (κ2) is 9.39. The summed E-state index contributed by atoms with van der Waals surface area (Å²) in [5.41, 5.74) is -0.0439. The summed E-state index contributed by atoms with van der Waals surface area (Å²) in [5.74, 6) is 0.734. The summed E-state index contributed by atoms with van der Waals surface area (Å²) in [5, 5.41) is 28.6. The number of hydrogen-bond donors (Lipinski definition) is 3. The molecule has 0 radical (unpaired) electrons. The van der Waals surface area contributed by atoms with Crippen molar-refractivity contribution >= 4 is 17.3 Å². The van der Waals surface area contributed by atoms with Crippen LogP contribution in [0.4, 0.5) is 0 Å². The Labute approximate surface area is 146 Å². The molecule has 1 unspecified atom stereocenters. The van der Waals surface area contributed by atoms with Crippen LogP contribution >= 0.6 is 11.3 Å². The third kappa shape index (κ3) is 5.93. The van der Waals surface area contributed by atoms with Crippen LogP contribution in [0.1, 0.15) is 32.3 Å². The fourth-order valence-corrected chi connectivity index (χ4v) is 2.98. The van der Waals surface area contributed by atoms with Crippen LogP contribution in [0, 0.1) is 0 Å². The van der Waals surface area contributed by atoms with Gasteiger partial charge in [-0.1, -0.05) is 0 Å². The third-order valence-corrected chi connectivity index (χ3v) is 4.32. The van der Waals surface area contributed by atoms with E-state index < -0.39 is 5.60 Å². The molecule has 0 amide bonds. The first-order valence-electron chi connectivity index (χ1n) is 8.21. The number of nitrogens with one attached hydrogen (secondary N) is 2. The van der Waals surface area contributed by atoms with Crippen LogP contribution in [0.25, 0.3) is 0 Å². The van der Waals surface area contributed by atoms with E-state index in [0.717, 1.165) is 44.0 Å². The maximum absolute atomic E-state index is 10.5. The molecule has 24 heavy (non-hydrogen) atoms. The highest BCUT2D eigenvalue weighted by Crippen LogP contribution is 2.23. The minimum atomic E-state index is -0.948. The van der Waals surface area contributed by atoms with Crippen molar-refractivity contribution in [1.29, 1.82) is 0 Å². The molecule has 0 fully saturated rings. The van der Waals surface area contributed by atoms with Crippen LogP contribution in [0.15, 0.2) is 34.5 Å². The van der Waals surface area contributed by atoms with Crippen LogP contribution in [-0.4, -0.2) is 45.5 Å². The normalized spacial score (nSPS) is 14.4. The predicted octanol–water partition coefficient (Wildman–Crippen LogP) is 1.58. The van der Waals surface area contributed by atoms with Crippen molar-refractivity contribution in [3.05, 3.63) is 35.0 Å². The van der Waals surface area contributed by atoms with Gasteiger partial charge in [-0.2, -0.15) is 11.3 Å². The minimum absolute atomic E-state index is 0.319. The molecule has 132 valence electrons. The summed E-state index contributed by atoms with van der Waals surface area (Å²) in [6, 6.07) is 1.94. The largest absolute Gasteiger partial charge is 0.383 e. The number of aryl methyl sites for hydroxylation is 1. The fraction of sp³-hybridized carbons (Fsp3) is 0.562. The maximum atomic E-state index is 10.5. The Bertz CT molecular complexity index is 594. The maximum Gasteiger partial charge on any atom is 0.191 e. The van der Waals surface area contributed by atoms with Crippen molar-refractivity contribution < 1.29 is 5.11 Å². The second-order valence-electron chi connectivity index (χ2n) is 5.81. The lowest BCUT2D eigenvalue weighted by Crippen LogP contribution is -2.39. The van der Waals surface area contributed by atoms with E-state index in [4.69, 9.17) is 0 Å². The van der Waals surface area contributed by atoms with Gasteiger partial charge >= 0.3 is 0 Å². The highest BCUT2D eigenvalue weighted by molar-refractivity contribution is 7.08. The molecule has 1 atom stereocenters. The van der Waals surface area contributed by atoms with E-state index >= 15 is 0 Å². The van der Waals surface area contributed by atoms with Crippen LogP contribution in [0.5, 0.6) is 0 Å². The number of hydrogen-bond acceptors (Lipinski definition) is 5. The summed E-state index contributed by atoms with van der Waals surface area (Å²) in [6.45, 7) is 6.66. The number of nitrogens with zero attached hydrogens (tertiary/aromatic N) is 4. The molecule has 8 heteroatoms. The summed E-state index contributed by atoms with van der Waals surface area (Å²) in [6.07, 6.45) is 5.51. The second-order valence-corrected chi connectivity index (χ2v) is 6.59. The average Bonchev–Trinajstić information content (AvgIpc) is 3.25. The quantitative estimate of drug-likeness (QED) is 0.363. The first kappa shape index (κ1) is 18.4. The Morgan fingerprint density at radius 1 is 1.33 bits per heavy atom. The van der Waals surface area contributed by atoms with Crippen molar-refractivity contribution in [3.63, 3.8) is 0 Å².